The Morgan fingerprint density at radius 2 is 2.14 bits per heavy atom. The molecular formula is C16H26N4O. The Hall–Kier alpha value is -1.46. The molecule has 0 saturated carbocycles. The molecule has 0 atom stereocenters. The molecule has 0 unspecified atom stereocenters. The van der Waals surface area contributed by atoms with Crippen molar-refractivity contribution in [2.45, 2.75) is 26.2 Å². The van der Waals surface area contributed by atoms with Gasteiger partial charge in [0.25, 0.3) is 5.91 Å². The Morgan fingerprint density at radius 3 is 2.90 bits per heavy atom. The molecule has 2 heterocycles. The minimum atomic E-state index is 0.0666. The molecule has 1 saturated heterocycles. The number of nitrogens with two attached hydrogens (primary N) is 1. The number of carbonyl (C=O) groups is 1. The average molecular weight is 290 g/mol. The summed E-state index contributed by atoms with van der Waals surface area (Å²) in [5.41, 5.74) is 7.08. The van der Waals surface area contributed by atoms with E-state index in [9.17, 15) is 4.79 Å². The highest BCUT2D eigenvalue weighted by molar-refractivity contribution is 5.93. The molecule has 5 nitrogen and oxygen atoms in total. The van der Waals surface area contributed by atoms with Gasteiger partial charge in [0.15, 0.2) is 0 Å². The van der Waals surface area contributed by atoms with E-state index in [1.807, 2.05) is 24.0 Å². The zero-order valence-corrected chi connectivity index (χ0v) is 12.9. The van der Waals surface area contributed by atoms with Crippen molar-refractivity contribution in [3.8, 4) is 0 Å². The number of nitrogens with zero attached hydrogens (tertiary/aromatic N) is 3. The van der Waals surface area contributed by atoms with Crippen molar-refractivity contribution in [1.82, 2.24) is 14.8 Å². The summed E-state index contributed by atoms with van der Waals surface area (Å²) in [7, 11) is 0. The molecule has 21 heavy (non-hydrogen) atoms. The van der Waals surface area contributed by atoms with Crippen LogP contribution in [0.5, 0.6) is 0 Å². The van der Waals surface area contributed by atoms with Crippen molar-refractivity contribution in [3.63, 3.8) is 0 Å². The summed E-state index contributed by atoms with van der Waals surface area (Å²) in [5, 5.41) is 0. The van der Waals surface area contributed by atoms with E-state index in [1.54, 1.807) is 6.20 Å². The molecule has 0 radical (unpaired) electrons. The van der Waals surface area contributed by atoms with E-state index in [0.29, 0.717) is 5.69 Å². The number of aryl methyl sites for hydroxylation is 1. The van der Waals surface area contributed by atoms with Crippen molar-refractivity contribution in [2.75, 3.05) is 39.3 Å². The number of hydrogen-bond acceptors (Lipinski definition) is 4. The monoisotopic (exact) mass is 290 g/mol. The second-order valence-corrected chi connectivity index (χ2v) is 5.65. The fraction of sp³-hybridized carbons (Fsp3) is 0.625. The van der Waals surface area contributed by atoms with E-state index in [4.69, 9.17) is 5.73 Å². The number of pyridine rings is 1. The summed E-state index contributed by atoms with van der Waals surface area (Å²) in [6, 6.07) is 3.81. The van der Waals surface area contributed by atoms with Crippen LogP contribution in [0.25, 0.3) is 0 Å². The van der Waals surface area contributed by atoms with Crippen LogP contribution in [0, 0.1) is 6.92 Å². The molecule has 1 aromatic heterocycles. The molecule has 116 valence electrons. The first-order valence-electron chi connectivity index (χ1n) is 7.85. The molecule has 0 spiro atoms. The van der Waals surface area contributed by atoms with Gasteiger partial charge in [0.05, 0.1) is 0 Å². The van der Waals surface area contributed by atoms with Crippen molar-refractivity contribution in [2.24, 2.45) is 5.73 Å². The first kappa shape index (κ1) is 15.9. The quantitative estimate of drug-likeness (QED) is 0.830. The summed E-state index contributed by atoms with van der Waals surface area (Å²) < 4.78 is 0. The van der Waals surface area contributed by atoms with Gasteiger partial charge in [-0.1, -0.05) is 6.07 Å². The third-order valence-electron chi connectivity index (χ3n) is 4.02. The Bertz CT molecular complexity index is 463. The predicted octanol–water partition coefficient (Wildman–Crippen LogP) is 1.28. The van der Waals surface area contributed by atoms with E-state index < -0.39 is 0 Å². The van der Waals surface area contributed by atoms with E-state index in [2.05, 4.69) is 9.88 Å². The number of unbranched alkanes of at least 4 members (excludes halogenated alkanes) is 1. The molecule has 1 aliphatic rings. The van der Waals surface area contributed by atoms with Gasteiger partial charge in [-0.2, -0.15) is 0 Å². The molecule has 2 rings (SSSR count). The highest BCUT2D eigenvalue weighted by atomic mass is 16.2. The van der Waals surface area contributed by atoms with Crippen molar-refractivity contribution in [3.05, 3.63) is 29.6 Å². The SMILES string of the molecule is Cc1cccnc1C(=O)N1CCCN(CCCCN)CC1. The molecular weight excluding hydrogens is 264 g/mol. The minimum absolute atomic E-state index is 0.0666. The summed E-state index contributed by atoms with van der Waals surface area (Å²) in [6.07, 6.45) is 4.94. The van der Waals surface area contributed by atoms with Gasteiger partial charge in [-0.15, -0.1) is 0 Å². The van der Waals surface area contributed by atoms with E-state index in [-0.39, 0.29) is 5.91 Å². The average Bonchev–Trinajstić information content (AvgIpc) is 2.73. The molecule has 1 aromatic rings. The van der Waals surface area contributed by atoms with Gasteiger partial charge >= 0.3 is 0 Å². The molecule has 0 bridgehead atoms. The third kappa shape index (κ3) is 4.51. The summed E-state index contributed by atoms with van der Waals surface area (Å²) in [4.78, 5) is 21.2. The second kappa shape index (κ2) is 8.10. The molecule has 1 aliphatic heterocycles. The number of aromatic nitrogens is 1. The largest absolute Gasteiger partial charge is 0.336 e. The standard InChI is InChI=1S/C16H26N4O/c1-14-6-4-8-18-15(14)16(21)20-11-5-10-19(12-13-20)9-3-2-7-17/h4,6,8H,2-3,5,7,9-13,17H2,1H3. The minimum Gasteiger partial charge on any atom is -0.336 e. The summed E-state index contributed by atoms with van der Waals surface area (Å²) in [5.74, 6) is 0.0666. The normalized spacial score (nSPS) is 16.8. The fourth-order valence-electron chi connectivity index (χ4n) is 2.74. The number of rotatable bonds is 5. The Kier molecular flexibility index (Phi) is 6.14. The van der Waals surface area contributed by atoms with Crippen LogP contribution in [0.15, 0.2) is 18.3 Å². The van der Waals surface area contributed by atoms with Crippen LogP contribution < -0.4 is 5.73 Å². The van der Waals surface area contributed by atoms with Gasteiger partial charge in [0.2, 0.25) is 0 Å². The maximum absolute atomic E-state index is 12.6. The molecule has 5 heteroatoms. The van der Waals surface area contributed by atoms with Gasteiger partial charge in [-0.05, 0) is 57.5 Å². The molecule has 2 N–H and O–H groups in total. The lowest BCUT2D eigenvalue weighted by Crippen LogP contribution is -2.36. The van der Waals surface area contributed by atoms with Crippen LogP contribution in [0.2, 0.25) is 0 Å². The highest BCUT2D eigenvalue weighted by Crippen LogP contribution is 2.11. The number of hydrogen-bond donors (Lipinski definition) is 1. The maximum atomic E-state index is 12.6. The fourth-order valence-corrected chi connectivity index (χ4v) is 2.74. The van der Waals surface area contributed by atoms with E-state index in [1.165, 1.54) is 0 Å². The van der Waals surface area contributed by atoms with Crippen LogP contribution in [0.3, 0.4) is 0 Å². The molecule has 1 amide bonds. The Morgan fingerprint density at radius 1 is 1.29 bits per heavy atom. The van der Waals surface area contributed by atoms with Crippen LogP contribution in [0.4, 0.5) is 0 Å². The summed E-state index contributed by atoms with van der Waals surface area (Å²) >= 11 is 0. The van der Waals surface area contributed by atoms with E-state index >= 15 is 0 Å². The molecule has 1 fully saturated rings. The zero-order valence-electron chi connectivity index (χ0n) is 12.9. The second-order valence-electron chi connectivity index (χ2n) is 5.65. The lowest BCUT2D eigenvalue weighted by molar-refractivity contribution is 0.0754. The van der Waals surface area contributed by atoms with Crippen molar-refractivity contribution < 1.29 is 4.79 Å². The van der Waals surface area contributed by atoms with Crippen LogP contribution in [0.1, 0.15) is 35.3 Å². The molecule has 0 aromatic carbocycles. The zero-order chi connectivity index (χ0) is 15.1. The summed E-state index contributed by atoms with van der Waals surface area (Å²) in [6.45, 7) is 7.41. The van der Waals surface area contributed by atoms with Gasteiger partial charge in [0, 0.05) is 25.8 Å². The van der Waals surface area contributed by atoms with Crippen LogP contribution in [-0.4, -0.2) is 60.0 Å². The number of carbonyl (C=O) groups excluding carboxylic acids is 1. The lowest BCUT2D eigenvalue weighted by atomic mass is 10.2. The Labute approximate surface area is 127 Å². The highest BCUT2D eigenvalue weighted by Gasteiger charge is 2.21. The van der Waals surface area contributed by atoms with Crippen LogP contribution in [-0.2, 0) is 0 Å². The van der Waals surface area contributed by atoms with Gasteiger partial charge in [0.1, 0.15) is 5.69 Å². The Balaban J connectivity index is 1.90. The first-order valence-corrected chi connectivity index (χ1v) is 7.85. The van der Waals surface area contributed by atoms with E-state index in [0.717, 1.165) is 64.1 Å². The molecule has 0 aliphatic carbocycles. The van der Waals surface area contributed by atoms with Crippen molar-refractivity contribution in [1.29, 1.82) is 0 Å². The van der Waals surface area contributed by atoms with Crippen LogP contribution >= 0.6 is 0 Å². The lowest BCUT2D eigenvalue weighted by Gasteiger charge is -2.22. The first-order chi connectivity index (χ1) is 10.2. The third-order valence-corrected chi connectivity index (χ3v) is 4.02. The maximum Gasteiger partial charge on any atom is 0.272 e. The topological polar surface area (TPSA) is 62.5 Å². The number of amides is 1. The van der Waals surface area contributed by atoms with Gasteiger partial charge in [-0.25, -0.2) is 0 Å². The van der Waals surface area contributed by atoms with Gasteiger partial charge in [-0.3, -0.25) is 9.78 Å². The predicted molar refractivity (Wildman–Crippen MR) is 84.2 cm³/mol. The van der Waals surface area contributed by atoms with Crippen molar-refractivity contribution >= 4 is 5.91 Å². The smallest absolute Gasteiger partial charge is 0.272 e. The van der Waals surface area contributed by atoms with Gasteiger partial charge < -0.3 is 15.5 Å².